The first-order valence-electron chi connectivity index (χ1n) is 5.81. The molecule has 0 aliphatic heterocycles. The lowest BCUT2D eigenvalue weighted by Crippen LogP contribution is -2.40. The summed E-state index contributed by atoms with van der Waals surface area (Å²) in [6, 6.07) is 5.15. The maximum Gasteiger partial charge on any atom is 0.252 e. The van der Waals surface area contributed by atoms with Gasteiger partial charge in [0.25, 0.3) is 6.43 Å². The Labute approximate surface area is 111 Å². The number of pyridine rings is 1. The van der Waals surface area contributed by atoms with E-state index in [4.69, 9.17) is 5.73 Å². The molecule has 8 heteroatoms. The fourth-order valence-corrected chi connectivity index (χ4v) is 3.00. The van der Waals surface area contributed by atoms with Gasteiger partial charge in [0, 0.05) is 31.4 Å². The predicted octanol–water partition coefficient (Wildman–Crippen LogP) is 0.480. The van der Waals surface area contributed by atoms with Crippen LogP contribution in [0.2, 0.25) is 0 Å². The van der Waals surface area contributed by atoms with Crippen LogP contribution < -0.4 is 5.73 Å². The van der Waals surface area contributed by atoms with Gasteiger partial charge in [-0.1, -0.05) is 6.07 Å². The molecule has 1 rings (SSSR count). The average molecular weight is 293 g/mol. The van der Waals surface area contributed by atoms with E-state index in [1.807, 2.05) is 0 Å². The van der Waals surface area contributed by atoms with E-state index in [9.17, 15) is 17.2 Å². The van der Waals surface area contributed by atoms with Gasteiger partial charge in [0.1, 0.15) is 0 Å². The Balaban J connectivity index is 2.66. The minimum atomic E-state index is -3.74. The third kappa shape index (κ3) is 5.58. The van der Waals surface area contributed by atoms with Crippen molar-refractivity contribution in [3.05, 3.63) is 30.1 Å². The van der Waals surface area contributed by atoms with Crippen LogP contribution in [0.15, 0.2) is 24.4 Å². The van der Waals surface area contributed by atoms with Gasteiger partial charge >= 0.3 is 0 Å². The first-order valence-corrected chi connectivity index (χ1v) is 7.42. The number of alkyl halides is 2. The summed E-state index contributed by atoms with van der Waals surface area (Å²) in [4.78, 5) is 3.99. The summed E-state index contributed by atoms with van der Waals surface area (Å²) in [6.07, 6.45) is -0.970. The molecule has 0 fully saturated rings. The minimum Gasteiger partial charge on any atom is -0.329 e. The van der Waals surface area contributed by atoms with Gasteiger partial charge in [-0.3, -0.25) is 4.98 Å². The average Bonchev–Trinajstić information content (AvgIpc) is 2.37. The first kappa shape index (κ1) is 15.9. The Morgan fingerprint density at radius 1 is 1.37 bits per heavy atom. The van der Waals surface area contributed by atoms with Crippen molar-refractivity contribution in [1.82, 2.24) is 9.29 Å². The van der Waals surface area contributed by atoms with E-state index in [1.54, 1.807) is 24.4 Å². The molecule has 0 unspecified atom stereocenters. The fourth-order valence-electron chi connectivity index (χ4n) is 1.55. The molecular formula is C11H17F2N3O2S. The van der Waals surface area contributed by atoms with Crippen molar-refractivity contribution >= 4 is 10.0 Å². The summed E-state index contributed by atoms with van der Waals surface area (Å²) >= 11 is 0. The van der Waals surface area contributed by atoms with Crippen LogP contribution in [0.4, 0.5) is 8.78 Å². The highest BCUT2D eigenvalue weighted by Crippen LogP contribution is 2.08. The SMILES string of the molecule is NCCN(CC(F)F)S(=O)(=O)CCc1ccccn1. The van der Waals surface area contributed by atoms with Crippen LogP contribution in [-0.2, 0) is 16.4 Å². The van der Waals surface area contributed by atoms with Crippen molar-refractivity contribution in [1.29, 1.82) is 0 Å². The molecule has 0 saturated carbocycles. The number of hydrogen-bond donors (Lipinski definition) is 1. The third-order valence-electron chi connectivity index (χ3n) is 2.46. The molecule has 0 radical (unpaired) electrons. The molecule has 2 N–H and O–H groups in total. The molecule has 0 spiro atoms. The second kappa shape index (κ2) is 7.46. The van der Waals surface area contributed by atoms with Crippen LogP contribution in [0, 0.1) is 0 Å². The molecule has 108 valence electrons. The summed E-state index contributed by atoms with van der Waals surface area (Å²) in [6.45, 7) is -0.911. The zero-order chi connectivity index (χ0) is 14.3. The summed E-state index contributed by atoms with van der Waals surface area (Å²) in [5, 5.41) is 0. The smallest absolute Gasteiger partial charge is 0.252 e. The lowest BCUT2D eigenvalue weighted by Gasteiger charge is -2.20. The maximum absolute atomic E-state index is 12.3. The highest BCUT2D eigenvalue weighted by molar-refractivity contribution is 7.89. The lowest BCUT2D eigenvalue weighted by molar-refractivity contribution is 0.120. The number of aromatic nitrogens is 1. The molecule has 19 heavy (non-hydrogen) atoms. The summed E-state index contributed by atoms with van der Waals surface area (Å²) in [7, 11) is -3.74. The van der Waals surface area contributed by atoms with E-state index in [0.29, 0.717) is 5.69 Å². The quantitative estimate of drug-likeness (QED) is 0.756. The Morgan fingerprint density at radius 3 is 2.63 bits per heavy atom. The van der Waals surface area contributed by atoms with E-state index >= 15 is 0 Å². The molecule has 0 aliphatic carbocycles. The molecule has 1 aromatic rings. The van der Waals surface area contributed by atoms with Gasteiger partial charge in [0.05, 0.1) is 12.3 Å². The van der Waals surface area contributed by atoms with Gasteiger partial charge in [-0.25, -0.2) is 17.2 Å². The predicted molar refractivity (Wildman–Crippen MR) is 68.4 cm³/mol. The Hall–Kier alpha value is -1.12. The fraction of sp³-hybridized carbons (Fsp3) is 0.545. The molecule has 0 amide bonds. The molecule has 1 aromatic heterocycles. The molecule has 0 saturated heterocycles. The topological polar surface area (TPSA) is 76.3 Å². The molecule has 0 aliphatic rings. The van der Waals surface area contributed by atoms with Gasteiger partial charge in [0.15, 0.2) is 0 Å². The monoisotopic (exact) mass is 293 g/mol. The lowest BCUT2D eigenvalue weighted by atomic mass is 10.3. The van der Waals surface area contributed by atoms with Crippen LogP contribution in [0.5, 0.6) is 0 Å². The minimum absolute atomic E-state index is 0.00946. The largest absolute Gasteiger partial charge is 0.329 e. The van der Waals surface area contributed by atoms with Gasteiger partial charge < -0.3 is 5.73 Å². The zero-order valence-corrected chi connectivity index (χ0v) is 11.2. The first-order chi connectivity index (χ1) is 8.95. The normalized spacial score (nSPS) is 12.3. The molecule has 5 nitrogen and oxygen atoms in total. The van der Waals surface area contributed by atoms with Crippen molar-refractivity contribution in [3.63, 3.8) is 0 Å². The molecule has 1 heterocycles. The standard InChI is InChI=1S/C11H17F2N3O2S/c12-11(13)9-16(7-5-14)19(17,18)8-4-10-3-1-2-6-15-10/h1-3,6,11H,4-5,7-9,14H2. The van der Waals surface area contributed by atoms with Crippen molar-refractivity contribution < 1.29 is 17.2 Å². The van der Waals surface area contributed by atoms with E-state index in [2.05, 4.69) is 4.98 Å². The highest BCUT2D eigenvalue weighted by Gasteiger charge is 2.24. The number of sulfonamides is 1. The number of rotatable bonds is 8. The van der Waals surface area contributed by atoms with Crippen LogP contribution >= 0.6 is 0 Å². The van der Waals surface area contributed by atoms with Crippen molar-refractivity contribution in [2.24, 2.45) is 5.73 Å². The van der Waals surface area contributed by atoms with Crippen molar-refractivity contribution in [3.8, 4) is 0 Å². The second-order valence-corrected chi connectivity index (χ2v) is 6.01. The van der Waals surface area contributed by atoms with Crippen LogP contribution in [0.25, 0.3) is 0 Å². The number of hydrogen-bond acceptors (Lipinski definition) is 4. The Kier molecular flexibility index (Phi) is 6.26. The Morgan fingerprint density at radius 2 is 2.11 bits per heavy atom. The molecular weight excluding hydrogens is 276 g/mol. The van der Waals surface area contributed by atoms with Crippen LogP contribution in [-0.4, -0.2) is 49.5 Å². The van der Waals surface area contributed by atoms with E-state index in [1.165, 1.54) is 0 Å². The van der Waals surface area contributed by atoms with Crippen LogP contribution in [0.1, 0.15) is 5.69 Å². The van der Waals surface area contributed by atoms with Crippen molar-refractivity contribution in [2.75, 3.05) is 25.4 Å². The Bertz CT molecular complexity index is 468. The summed E-state index contributed by atoms with van der Waals surface area (Å²) in [5.41, 5.74) is 5.85. The highest BCUT2D eigenvalue weighted by atomic mass is 32.2. The van der Waals surface area contributed by atoms with Gasteiger partial charge in [0.2, 0.25) is 10.0 Å². The van der Waals surface area contributed by atoms with Crippen molar-refractivity contribution in [2.45, 2.75) is 12.8 Å². The number of nitrogens with two attached hydrogens (primary N) is 1. The second-order valence-electron chi connectivity index (χ2n) is 3.92. The summed E-state index contributed by atoms with van der Waals surface area (Å²) in [5.74, 6) is -0.253. The van der Waals surface area contributed by atoms with E-state index in [-0.39, 0.29) is 25.3 Å². The number of nitrogens with zero attached hydrogens (tertiary/aromatic N) is 2. The molecule has 0 aromatic carbocycles. The van der Waals surface area contributed by atoms with E-state index in [0.717, 1.165) is 4.31 Å². The van der Waals surface area contributed by atoms with Gasteiger partial charge in [-0.2, -0.15) is 4.31 Å². The van der Waals surface area contributed by atoms with Crippen LogP contribution in [0.3, 0.4) is 0 Å². The summed E-state index contributed by atoms with van der Waals surface area (Å²) < 4.78 is 49.3. The zero-order valence-electron chi connectivity index (χ0n) is 10.4. The van der Waals surface area contributed by atoms with Gasteiger partial charge in [-0.05, 0) is 12.1 Å². The third-order valence-corrected chi connectivity index (χ3v) is 4.29. The number of halogens is 2. The number of aryl methyl sites for hydroxylation is 1. The van der Waals surface area contributed by atoms with Gasteiger partial charge in [-0.15, -0.1) is 0 Å². The molecule has 0 atom stereocenters. The maximum atomic E-state index is 12.3. The van der Waals surface area contributed by atoms with E-state index < -0.39 is 23.0 Å². The molecule has 0 bridgehead atoms.